The van der Waals surface area contributed by atoms with Crippen molar-refractivity contribution in [3.05, 3.63) is 28.2 Å². The Morgan fingerprint density at radius 3 is 2.79 bits per heavy atom. The molecule has 0 aliphatic carbocycles. The predicted molar refractivity (Wildman–Crippen MR) is 50.4 cm³/mol. The second-order valence-electron chi connectivity index (χ2n) is 2.43. The molecule has 0 aliphatic rings. The second-order valence-corrected chi connectivity index (χ2v) is 3.22. The van der Waals surface area contributed by atoms with Gasteiger partial charge in [-0.05, 0) is 28.1 Å². The Balaban J connectivity index is 2.83. The molecule has 14 heavy (non-hydrogen) atoms. The Kier molecular flexibility index (Phi) is 3.84. The molecule has 0 aliphatic heterocycles. The standard InChI is InChI=1S/C9H6BrF2NO/c10-9-6(4-13)2-1-3-7(9)14-5-8(11)12/h1-3,8H,5H2. The van der Waals surface area contributed by atoms with Crippen molar-refractivity contribution in [2.45, 2.75) is 6.43 Å². The van der Waals surface area contributed by atoms with Crippen molar-refractivity contribution >= 4 is 15.9 Å². The molecule has 0 saturated heterocycles. The fourth-order valence-electron chi connectivity index (χ4n) is 0.861. The van der Waals surface area contributed by atoms with Crippen LogP contribution in [-0.4, -0.2) is 13.0 Å². The number of hydrogen-bond donors (Lipinski definition) is 0. The molecular formula is C9H6BrF2NO. The van der Waals surface area contributed by atoms with Gasteiger partial charge in [0.05, 0.1) is 10.0 Å². The lowest BCUT2D eigenvalue weighted by molar-refractivity contribution is 0.0815. The fourth-order valence-corrected chi connectivity index (χ4v) is 1.33. The average molecular weight is 262 g/mol. The van der Waals surface area contributed by atoms with Crippen molar-refractivity contribution in [1.29, 1.82) is 5.26 Å². The lowest BCUT2D eigenvalue weighted by Crippen LogP contribution is -2.07. The van der Waals surface area contributed by atoms with Crippen LogP contribution in [0, 0.1) is 11.3 Å². The van der Waals surface area contributed by atoms with E-state index >= 15 is 0 Å². The van der Waals surface area contributed by atoms with E-state index in [9.17, 15) is 8.78 Å². The summed E-state index contributed by atoms with van der Waals surface area (Å²) in [6.07, 6.45) is -2.52. The van der Waals surface area contributed by atoms with Crippen LogP contribution in [0.25, 0.3) is 0 Å². The van der Waals surface area contributed by atoms with Gasteiger partial charge in [-0.3, -0.25) is 0 Å². The molecule has 0 fully saturated rings. The Bertz CT molecular complexity index is 362. The van der Waals surface area contributed by atoms with E-state index in [1.165, 1.54) is 6.07 Å². The summed E-state index contributed by atoms with van der Waals surface area (Å²) in [5, 5.41) is 8.64. The van der Waals surface area contributed by atoms with E-state index in [1.54, 1.807) is 12.1 Å². The first-order chi connectivity index (χ1) is 6.65. The Hall–Kier alpha value is -1.15. The summed E-state index contributed by atoms with van der Waals surface area (Å²) in [6, 6.07) is 6.57. The molecule has 0 saturated carbocycles. The predicted octanol–water partition coefficient (Wildman–Crippen LogP) is 2.96. The van der Waals surface area contributed by atoms with Crippen LogP contribution in [0.3, 0.4) is 0 Å². The first-order valence-electron chi connectivity index (χ1n) is 3.74. The van der Waals surface area contributed by atoms with Crippen LogP contribution in [0.2, 0.25) is 0 Å². The minimum Gasteiger partial charge on any atom is -0.486 e. The minimum absolute atomic E-state index is 0.254. The summed E-state index contributed by atoms with van der Waals surface area (Å²) < 4.78 is 28.9. The van der Waals surface area contributed by atoms with Gasteiger partial charge in [0.2, 0.25) is 0 Å². The summed E-state index contributed by atoms with van der Waals surface area (Å²) in [5.74, 6) is 0.254. The van der Waals surface area contributed by atoms with Gasteiger partial charge in [-0.25, -0.2) is 8.78 Å². The van der Waals surface area contributed by atoms with Crippen molar-refractivity contribution in [3.63, 3.8) is 0 Å². The van der Waals surface area contributed by atoms with Crippen LogP contribution >= 0.6 is 15.9 Å². The maximum Gasteiger partial charge on any atom is 0.272 e. The van der Waals surface area contributed by atoms with Crippen molar-refractivity contribution in [3.8, 4) is 11.8 Å². The Labute approximate surface area is 88.2 Å². The molecule has 5 heteroatoms. The quantitative estimate of drug-likeness (QED) is 0.838. The largest absolute Gasteiger partial charge is 0.486 e. The highest BCUT2D eigenvalue weighted by molar-refractivity contribution is 9.10. The van der Waals surface area contributed by atoms with Gasteiger partial charge in [0, 0.05) is 0 Å². The van der Waals surface area contributed by atoms with Crippen LogP contribution in [0.4, 0.5) is 8.78 Å². The number of nitrogens with zero attached hydrogens (tertiary/aromatic N) is 1. The first kappa shape index (κ1) is 10.9. The Morgan fingerprint density at radius 1 is 1.50 bits per heavy atom. The maximum absolute atomic E-state index is 11.8. The zero-order valence-corrected chi connectivity index (χ0v) is 8.59. The van der Waals surface area contributed by atoms with Crippen LogP contribution in [-0.2, 0) is 0 Å². The first-order valence-corrected chi connectivity index (χ1v) is 4.54. The van der Waals surface area contributed by atoms with E-state index in [0.717, 1.165) is 0 Å². The summed E-state index contributed by atoms with van der Waals surface area (Å²) in [5.41, 5.74) is 0.358. The molecule has 0 heterocycles. The number of ether oxygens (including phenoxy) is 1. The molecule has 1 rings (SSSR count). The summed E-state index contributed by atoms with van der Waals surface area (Å²) in [7, 11) is 0. The van der Waals surface area contributed by atoms with E-state index in [1.807, 2.05) is 6.07 Å². The van der Waals surface area contributed by atoms with Gasteiger partial charge in [0.15, 0.2) is 0 Å². The maximum atomic E-state index is 11.8. The highest BCUT2D eigenvalue weighted by Gasteiger charge is 2.08. The summed E-state index contributed by atoms with van der Waals surface area (Å²) in [6.45, 7) is -0.673. The molecule has 0 aromatic heterocycles. The third-order valence-corrected chi connectivity index (χ3v) is 2.27. The number of alkyl halides is 2. The highest BCUT2D eigenvalue weighted by Crippen LogP contribution is 2.28. The van der Waals surface area contributed by atoms with E-state index in [4.69, 9.17) is 10.00 Å². The molecule has 0 bridgehead atoms. The SMILES string of the molecule is N#Cc1cccc(OCC(F)F)c1Br. The normalized spacial score (nSPS) is 9.93. The molecule has 0 spiro atoms. The number of halogens is 3. The van der Waals surface area contributed by atoms with Crippen LogP contribution in [0.1, 0.15) is 5.56 Å². The van der Waals surface area contributed by atoms with Crippen LogP contribution in [0.15, 0.2) is 22.7 Å². The number of rotatable bonds is 3. The van der Waals surface area contributed by atoms with Crippen molar-refractivity contribution in [2.75, 3.05) is 6.61 Å². The lowest BCUT2D eigenvalue weighted by atomic mass is 10.2. The average Bonchev–Trinajstić information content (AvgIpc) is 2.16. The van der Waals surface area contributed by atoms with Gasteiger partial charge in [0.25, 0.3) is 6.43 Å². The topological polar surface area (TPSA) is 33.0 Å². The lowest BCUT2D eigenvalue weighted by Gasteiger charge is -2.07. The van der Waals surface area contributed by atoms with Gasteiger partial charge in [-0.2, -0.15) is 5.26 Å². The number of nitriles is 1. The number of benzene rings is 1. The van der Waals surface area contributed by atoms with Crippen molar-refractivity contribution in [1.82, 2.24) is 0 Å². The van der Waals surface area contributed by atoms with E-state index < -0.39 is 13.0 Å². The third kappa shape index (κ3) is 2.67. The minimum atomic E-state index is -2.52. The summed E-state index contributed by atoms with van der Waals surface area (Å²) >= 11 is 3.10. The van der Waals surface area contributed by atoms with Gasteiger partial charge >= 0.3 is 0 Å². The molecular weight excluding hydrogens is 256 g/mol. The van der Waals surface area contributed by atoms with E-state index in [2.05, 4.69) is 15.9 Å². The van der Waals surface area contributed by atoms with Gasteiger partial charge in [0.1, 0.15) is 18.4 Å². The molecule has 0 unspecified atom stereocenters. The van der Waals surface area contributed by atoms with Gasteiger partial charge < -0.3 is 4.74 Å². The molecule has 0 atom stereocenters. The zero-order chi connectivity index (χ0) is 10.6. The van der Waals surface area contributed by atoms with Crippen molar-refractivity contribution in [2.24, 2.45) is 0 Å². The van der Waals surface area contributed by atoms with Gasteiger partial charge in [-0.15, -0.1) is 0 Å². The monoisotopic (exact) mass is 261 g/mol. The molecule has 1 aromatic carbocycles. The van der Waals surface area contributed by atoms with Crippen molar-refractivity contribution < 1.29 is 13.5 Å². The third-order valence-electron chi connectivity index (χ3n) is 1.45. The van der Waals surface area contributed by atoms with Crippen LogP contribution in [0.5, 0.6) is 5.75 Å². The number of hydrogen-bond acceptors (Lipinski definition) is 2. The smallest absolute Gasteiger partial charge is 0.272 e. The Morgan fingerprint density at radius 2 is 2.21 bits per heavy atom. The molecule has 2 nitrogen and oxygen atoms in total. The molecule has 0 radical (unpaired) electrons. The molecule has 1 aromatic rings. The highest BCUT2D eigenvalue weighted by atomic mass is 79.9. The second kappa shape index (κ2) is 4.91. The molecule has 0 amide bonds. The fraction of sp³-hybridized carbons (Fsp3) is 0.222. The van der Waals surface area contributed by atoms with E-state index in [-0.39, 0.29) is 5.75 Å². The molecule has 74 valence electrons. The zero-order valence-electron chi connectivity index (χ0n) is 7.01. The van der Waals surface area contributed by atoms with Crippen LogP contribution < -0.4 is 4.74 Å². The van der Waals surface area contributed by atoms with Gasteiger partial charge in [-0.1, -0.05) is 6.07 Å². The van der Waals surface area contributed by atoms with E-state index in [0.29, 0.717) is 10.0 Å². The summed E-state index contributed by atoms with van der Waals surface area (Å²) in [4.78, 5) is 0. The molecule has 0 N–H and O–H groups in total.